The van der Waals surface area contributed by atoms with Gasteiger partial charge in [0.2, 0.25) is 0 Å². The predicted molar refractivity (Wildman–Crippen MR) is 102 cm³/mol. The van der Waals surface area contributed by atoms with Gasteiger partial charge in [-0.1, -0.05) is 24.3 Å². The molecule has 0 unspecified atom stereocenters. The smallest absolute Gasteiger partial charge is 0.307 e. The molecule has 0 heterocycles. The van der Waals surface area contributed by atoms with E-state index >= 15 is 0 Å². The van der Waals surface area contributed by atoms with Crippen LogP contribution in [0.25, 0.3) is 10.8 Å². The zero-order valence-electron chi connectivity index (χ0n) is 15.0. The molecule has 0 saturated heterocycles. The van der Waals surface area contributed by atoms with E-state index in [2.05, 4.69) is 0 Å². The van der Waals surface area contributed by atoms with Crippen LogP contribution < -0.4 is 0 Å². The second-order valence-electron chi connectivity index (χ2n) is 6.67. The predicted octanol–water partition coefficient (Wildman–Crippen LogP) is 3.91. The van der Waals surface area contributed by atoms with Crippen LogP contribution in [-0.2, 0) is 27.5 Å². The van der Waals surface area contributed by atoms with Gasteiger partial charge in [0, 0.05) is 6.26 Å². The van der Waals surface area contributed by atoms with Crippen molar-refractivity contribution in [2.45, 2.75) is 24.7 Å². The molecule has 1 N–H and O–H groups in total. The lowest BCUT2D eigenvalue weighted by Crippen LogP contribution is -2.06. The minimum atomic E-state index is -3.34. The molecule has 0 amide bonds. The van der Waals surface area contributed by atoms with Gasteiger partial charge in [-0.05, 0) is 70.6 Å². The quantitative estimate of drug-likeness (QED) is 0.722. The van der Waals surface area contributed by atoms with Crippen LogP contribution in [0.3, 0.4) is 0 Å². The van der Waals surface area contributed by atoms with Crippen molar-refractivity contribution in [2.24, 2.45) is 0 Å². The molecule has 0 saturated carbocycles. The molecule has 0 aliphatic rings. The fraction of sp³-hybridized carbons (Fsp3) is 0.190. The fourth-order valence-electron chi connectivity index (χ4n) is 3.27. The van der Waals surface area contributed by atoms with Crippen LogP contribution in [-0.4, -0.2) is 25.7 Å². The Labute approximate surface area is 157 Å². The van der Waals surface area contributed by atoms with Crippen molar-refractivity contribution < 1.29 is 22.7 Å². The summed E-state index contributed by atoms with van der Waals surface area (Å²) < 4.78 is 37.5. The summed E-state index contributed by atoms with van der Waals surface area (Å²) in [7, 11) is -3.34. The Bertz CT molecular complexity index is 1150. The Morgan fingerprint density at radius 1 is 1.11 bits per heavy atom. The standard InChI is InChI=1S/C21H19FO4S/c1-13-16(11-21(23)24)10-15-6-7-17(22)12-20(15)19(13)9-14-4-3-5-18(8-14)27(2,25)26/h3-8,10,12H,9,11H2,1-2H3,(H,23,24). The van der Waals surface area contributed by atoms with Gasteiger partial charge >= 0.3 is 5.97 Å². The molecule has 0 aliphatic heterocycles. The molecule has 0 aliphatic carbocycles. The average Bonchev–Trinajstić information content (AvgIpc) is 2.58. The van der Waals surface area contributed by atoms with Crippen molar-refractivity contribution in [3.8, 4) is 0 Å². The van der Waals surface area contributed by atoms with E-state index in [1.165, 1.54) is 18.2 Å². The van der Waals surface area contributed by atoms with Crippen molar-refractivity contribution in [3.05, 3.63) is 76.6 Å². The Hall–Kier alpha value is -2.73. The van der Waals surface area contributed by atoms with E-state index in [0.717, 1.165) is 28.3 Å². The second-order valence-corrected chi connectivity index (χ2v) is 8.69. The van der Waals surface area contributed by atoms with E-state index in [4.69, 9.17) is 0 Å². The minimum absolute atomic E-state index is 0.129. The van der Waals surface area contributed by atoms with Gasteiger partial charge < -0.3 is 5.11 Å². The monoisotopic (exact) mass is 386 g/mol. The van der Waals surface area contributed by atoms with Crippen molar-refractivity contribution in [1.29, 1.82) is 0 Å². The van der Waals surface area contributed by atoms with Gasteiger partial charge in [-0.2, -0.15) is 0 Å². The summed E-state index contributed by atoms with van der Waals surface area (Å²) in [4.78, 5) is 11.4. The summed E-state index contributed by atoms with van der Waals surface area (Å²) in [6.07, 6.45) is 1.40. The molecule has 27 heavy (non-hydrogen) atoms. The molecule has 0 radical (unpaired) electrons. The van der Waals surface area contributed by atoms with Crippen molar-refractivity contribution >= 4 is 26.6 Å². The Balaban J connectivity index is 2.19. The van der Waals surface area contributed by atoms with Gasteiger partial charge in [0.1, 0.15) is 5.82 Å². The first-order chi connectivity index (χ1) is 12.6. The number of carbonyl (C=O) groups is 1. The molecule has 0 aromatic heterocycles. The second kappa shape index (κ2) is 7.12. The first-order valence-electron chi connectivity index (χ1n) is 8.36. The summed E-state index contributed by atoms with van der Waals surface area (Å²) in [6, 6.07) is 12.8. The molecule has 3 aromatic carbocycles. The van der Waals surface area contributed by atoms with Crippen LogP contribution in [0.2, 0.25) is 0 Å². The number of benzene rings is 3. The van der Waals surface area contributed by atoms with E-state index in [1.54, 1.807) is 24.3 Å². The van der Waals surface area contributed by atoms with E-state index in [0.29, 0.717) is 17.4 Å². The van der Waals surface area contributed by atoms with Gasteiger partial charge in [-0.15, -0.1) is 0 Å². The zero-order valence-corrected chi connectivity index (χ0v) is 15.8. The normalized spacial score (nSPS) is 11.7. The summed E-state index contributed by atoms with van der Waals surface area (Å²) >= 11 is 0. The third-order valence-corrected chi connectivity index (χ3v) is 5.76. The molecule has 0 bridgehead atoms. The summed E-state index contributed by atoms with van der Waals surface area (Å²) in [6.45, 7) is 1.82. The molecular weight excluding hydrogens is 367 g/mol. The maximum Gasteiger partial charge on any atom is 0.307 e. The highest BCUT2D eigenvalue weighted by molar-refractivity contribution is 7.90. The average molecular weight is 386 g/mol. The Kier molecular flexibility index (Phi) is 5.02. The highest BCUT2D eigenvalue weighted by Crippen LogP contribution is 2.29. The molecular formula is C21H19FO4S. The van der Waals surface area contributed by atoms with Crippen LogP contribution in [0.1, 0.15) is 22.3 Å². The highest BCUT2D eigenvalue weighted by atomic mass is 32.2. The topological polar surface area (TPSA) is 71.4 Å². The third-order valence-electron chi connectivity index (χ3n) is 4.65. The fourth-order valence-corrected chi connectivity index (χ4v) is 3.96. The Morgan fingerprint density at radius 3 is 2.52 bits per heavy atom. The van der Waals surface area contributed by atoms with Crippen molar-refractivity contribution in [3.63, 3.8) is 0 Å². The van der Waals surface area contributed by atoms with E-state index < -0.39 is 15.8 Å². The number of aliphatic carboxylic acids is 1. The van der Waals surface area contributed by atoms with E-state index in [1.807, 2.05) is 13.0 Å². The lowest BCUT2D eigenvalue weighted by atomic mass is 9.90. The van der Waals surface area contributed by atoms with E-state index in [9.17, 15) is 22.7 Å². The number of hydrogen-bond donors (Lipinski definition) is 1. The summed E-state index contributed by atoms with van der Waals surface area (Å²) in [5.74, 6) is -1.32. The number of carboxylic acid groups (broad SMARTS) is 1. The molecule has 0 atom stereocenters. The minimum Gasteiger partial charge on any atom is -0.481 e. The van der Waals surface area contributed by atoms with Crippen LogP contribution in [0.15, 0.2) is 53.4 Å². The van der Waals surface area contributed by atoms with Gasteiger partial charge in [-0.25, -0.2) is 12.8 Å². The lowest BCUT2D eigenvalue weighted by Gasteiger charge is -2.15. The number of sulfone groups is 1. The number of rotatable bonds is 5. The first kappa shape index (κ1) is 19.0. The number of fused-ring (bicyclic) bond motifs is 1. The highest BCUT2D eigenvalue weighted by Gasteiger charge is 2.15. The maximum absolute atomic E-state index is 13.8. The number of hydrogen-bond acceptors (Lipinski definition) is 3. The number of halogens is 1. The molecule has 4 nitrogen and oxygen atoms in total. The molecule has 6 heteroatoms. The molecule has 0 spiro atoms. The van der Waals surface area contributed by atoms with Gasteiger partial charge in [0.05, 0.1) is 11.3 Å². The van der Waals surface area contributed by atoms with Crippen molar-refractivity contribution in [1.82, 2.24) is 0 Å². The summed E-state index contributed by atoms with van der Waals surface area (Å²) in [5, 5.41) is 10.6. The third kappa shape index (κ3) is 4.17. The SMILES string of the molecule is Cc1c(CC(=O)O)cc2ccc(F)cc2c1Cc1cccc(S(C)(=O)=O)c1. The molecule has 3 aromatic rings. The molecule has 0 fully saturated rings. The van der Waals surface area contributed by atoms with Crippen LogP contribution in [0, 0.1) is 12.7 Å². The molecule has 140 valence electrons. The van der Waals surface area contributed by atoms with E-state index in [-0.39, 0.29) is 17.1 Å². The van der Waals surface area contributed by atoms with Crippen LogP contribution >= 0.6 is 0 Å². The van der Waals surface area contributed by atoms with Crippen LogP contribution in [0.5, 0.6) is 0 Å². The number of carboxylic acids is 1. The van der Waals surface area contributed by atoms with Gasteiger partial charge in [-0.3, -0.25) is 4.79 Å². The van der Waals surface area contributed by atoms with Crippen LogP contribution in [0.4, 0.5) is 4.39 Å². The largest absolute Gasteiger partial charge is 0.481 e. The summed E-state index contributed by atoms with van der Waals surface area (Å²) in [5.41, 5.74) is 3.00. The van der Waals surface area contributed by atoms with Gasteiger partial charge in [0.15, 0.2) is 9.84 Å². The lowest BCUT2D eigenvalue weighted by molar-refractivity contribution is -0.136. The maximum atomic E-state index is 13.8. The van der Waals surface area contributed by atoms with Crippen molar-refractivity contribution in [2.75, 3.05) is 6.26 Å². The zero-order chi connectivity index (χ0) is 19.8. The Morgan fingerprint density at radius 2 is 1.85 bits per heavy atom. The molecule has 3 rings (SSSR count). The van der Waals surface area contributed by atoms with Gasteiger partial charge in [0.25, 0.3) is 0 Å². The first-order valence-corrected chi connectivity index (χ1v) is 10.3.